The first-order valence-corrected chi connectivity index (χ1v) is 4.46. The van der Waals surface area contributed by atoms with Crippen LogP contribution in [0, 0.1) is 0 Å². The van der Waals surface area contributed by atoms with Gasteiger partial charge in [0.15, 0.2) is 0 Å². The zero-order valence-electron chi connectivity index (χ0n) is 8.60. The fourth-order valence-corrected chi connectivity index (χ4v) is 0.899. The van der Waals surface area contributed by atoms with Crippen LogP contribution in [0.4, 0.5) is 4.79 Å². The minimum absolute atomic E-state index is 0.218. The second kappa shape index (κ2) is 5.71. The van der Waals surface area contributed by atoms with Gasteiger partial charge >= 0.3 is 12.1 Å². The highest BCUT2D eigenvalue weighted by atomic mass is 17.2. The summed E-state index contributed by atoms with van der Waals surface area (Å²) in [5.41, 5.74) is 6.19. The minimum Gasteiger partial charge on any atom is -0.348 e. The van der Waals surface area contributed by atoms with Crippen LogP contribution in [-0.2, 0) is 21.0 Å². The van der Waals surface area contributed by atoms with E-state index in [9.17, 15) is 9.59 Å². The number of carbonyl (C=O) groups excluding carboxylic acids is 2. The fourth-order valence-electron chi connectivity index (χ4n) is 0.899. The van der Waals surface area contributed by atoms with Crippen molar-refractivity contribution < 1.29 is 19.4 Å². The Morgan fingerprint density at radius 1 is 1.62 bits per heavy atom. The molecular formula is C8H12N4O4. The number of aromatic amines is 1. The first kappa shape index (κ1) is 12.0. The fraction of sp³-hybridized carbons (Fsp3) is 0.375. The molecule has 8 heteroatoms. The van der Waals surface area contributed by atoms with Crippen LogP contribution in [0.2, 0.25) is 0 Å². The van der Waals surface area contributed by atoms with Crippen molar-refractivity contribution in [3.8, 4) is 0 Å². The monoisotopic (exact) mass is 228 g/mol. The van der Waals surface area contributed by atoms with Crippen LogP contribution in [0.1, 0.15) is 5.69 Å². The minimum atomic E-state index is -0.926. The number of nitrogens with two attached hydrogens (primary N) is 1. The van der Waals surface area contributed by atoms with Crippen molar-refractivity contribution in [2.75, 3.05) is 7.05 Å². The maximum Gasteiger partial charge on any atom is 0.450 e. The molecule has 1 aromatic heterocycles. The lowest BCUT2D eigenvalue weighted by atomic mass is 10.2. The number of aromatic nitrogens is 2. The van der Waals surface area contributed by atoms with Crippen LogP contribution < -0.4 is 11.1 Å². The second-order valence-electron chi connectivity index (χ2n) is 2.91. The quantitative estimate of drug-likeness (QED) is 0.455. The van der Waals surface area contributed by atoms with E-state index in [4.69, 9.17) is 5.73 Å². The van der Waals surface area contributed by atoms with Gasteiger partial charge in [0.05, 0.1) is 6.33 Å². The van der Waals surface area contributed by atoms with Gasteiger partial charge in [0, 0.05) is 25.4 Å². The smallest absolute Gasteiger partial charge is 0.348 e. The zero-order chi connectivity index (χ0) is 12.0. The number of H-pyrrole nitrogens is 1. The molecule has 4 N–H and O–H groups in total. The maximum absolute atomic E-state index is 11.2. The van der Waals surface area contributed by atoms with Gasteiger partial charge in [-0.1, -0.05) is 0 Å². The Hall–Kier alpha value is -2.09. The van der Waals surface area contributed by atoms with Crippen LogP contribution in [0.3, 0.4) is 0 Å². The summed E-state index contributed by atoms with van der Waals surface area (Å²) in [5.74, 6) is -0.835. The predicted molar refractivity (Wildman–Crippen MR) is 51.9 cm³/mol. The van der Waals surface area contributed by atoms with Crippen molar-refractivity contribution >= 4 is 12.1 Å². The molecule has 0 aliphatic carbocycles. The molecular weight excluding hydrogens is 216 g/mol. The number of hydrogen-bond acceptors (Lipinski definition) is 6. The molecule has 0 saturated carbocycles. The van der Waals surface area contributed by atoms with E-state index in [0.29, 0.717) is 5.69 Å². The van der Waals surface area contributed by atoms with Gasteiger partial charge in [0.1, 0.15) is 6.04 Å². The lowest BCUT2D eigenvalue weighted by Gasteiger charge is -2.07. The highest BCUT2D eigenvalue weighted by Crippen LogP contribution is 1.98. The van der Waals surface area contributed by atoms with Crippen LogP contribution in [-0.4, -0.2) is 35.1 Å². The molecule has 0 fully saturated rings. The Labute approximate surface area is 91.1 Å². The normalized spacial score (nSPS) is 11.6. The molecule has 1 amide bonds. The number of nitrogens with one attached hydrogen (secondary N) is 2. The molecule has 1 unspecified atom stereocenters. The van der Waals surface area contributed by atoms with Crippen molar-refractivity contribution in [1.82, 2.24) is 15.3 Å². The number of imidazole rings is 1. The van der Waals surface area contributed by atoms with E-state index in [1.165, 1.54) is 19.6 Å². The first-order chi connectivity index (χ1) is 7.63. The highest BCUT2D eigenvalue weighted by molar-refractivity contribution is 5.76. The second-order valence-corrected chi connectivity index (χ2v) is 2.91. The van der Waals surface area contributed by atoms with Crippen LogP contribution in [0.5, 0.6) is 0 Å². The Bertz CT molecular complexity index is 351. The van der Waals surface area contributed by atoms with E-state index in [2.05, 4.69) is 25.1 Å². The van der Waals surface area contributed by atoms with E-state index in [0.717, 1.165) is 0 Å². The number of hydrogen-bond donors (Lipinski definition) is 3. The summed E-state index contributed by atoms with van der Waals surface area (Å²) in [7, 11) is 1.33. The van der Waals surface area contributed by atoms with Gasteiger partial charge in [-0.2, -0.15) is 0 Å². The van der Waals surface area contributed by atoms with Crippen LogP contribution >= 0.6 is 0 Å². The number of nitrogens with zero attached hydrogens (tertiary/aromatic N) is 1. The third-order valence-electron chi connectivity index (χ3n) is 1.70. The van der Waals surface area contributed by atoms with E-state index in [-0.39, 0.29) is 6.42 Å². The molecule has 0 radical (unpaired) electrons. The number of carbonyl (C=O) groups is 2. The summed E-state index contributed by atoms with van der Waals surface area (Å²) in [5, 5.41) is 2.11. The molecule has 16 heavy (non-hydrogen) atoms. The molecule has 0 spiro atoms. The van der Waals surface area contributed by atoms with Gasteiger partial charge in [0.25, 0.3) is 0 Å². The van der Waals surface area contributed by atoms with Crippen LogP contribution in [0.25, 0.3) is 0 Å². The highest BCUT2D eigenvalue weighted by Gasteiger charge is 2.19. The van der Waals surface area contributed by atoms with E-state index in [1.807, 2.05) is 0 Å². The largest absolute Gasteiger partial charge is 0.450 e. The van der Waals surface area contributed by atoms with E-state index >= 15 is 0 Å². The third-order valence-corrected chi connectivity index (χ3v) is 1.70. The van der Waals surface area contributed by atoms with Gasteiger partial charge in [-0.25, -0.2) is 24.3 Å². The first-order valence-electron chi connectivity index (χ1n) is 4.46. The topological polar surface area (TPSA) is 119 Å². The van der Waals surface area contributed by atoms with Gasteiger partial charge < -0.3 is 16.0 Å². The number of amides is 1. The standard InChI is InChI=1S/C8H12N4O4/c1-10-8(14)16-15-7(13)6(9)2-5-3-11-4-12-5/h3-4,6H,2,9H2,1H3,(H,10,14)(H,11,12). The molecule has 0 bridgehead atoms. The predicted octanol–water partition coefficient (Wildman–Crippen LogP) is -0.906. The van der Waals surface area contributed by atoms with Gasteiger partial charge in [-0.15, -0.1) is 0 Å². The molecule has 8 nitrogen and oxygen atoms in total. The summed E-state index contributed by atoms with van der Waals surface area (Å²) < 4.78 is 0. The van der Waals surface area contributed by atoms with Crippen molar-refractivity contribution in [2.45, 2.75) is 12.5 Å². The van der Waals surface area contributed by atoms with E-state index in [1.54, 1.807) is 0 Å². The molecule has 1 aromatic rings. The molecule has 0 saturated heterocycles. The number of rotatable bonds is 3. The molecule has 0 aliphatic rings. The Balaban J connectivity index is 2.33. The molecule has 0 aromatic carbocycles. The Morgan fingerprint density at radius 3 is 2.94 bits per heavy atom. The summed E-state index contributed by atoms with van der Waals surface area (Å²) in [6.45, 7) is 0. The molecule has 1 atom stereocenters. The van der Waals surface area contributed by atoms with Crippen molar-refractivity contribution in [3.05, 3.63) is 18.2 Å². The van der Waals surface area contributed by atoms with E-state index < -0.39 is 18.1 Å². The van der Waals surface area contributed by atoms with Gasteiger partial charge in [-0.3, -0.25) is 0 Å². The lowest BCUT2D eigenvalue weighted by Crippen LogP contribution is -2.35. The summed E-state index contributed by atoms with van der Waals surface area (Å²) >= 11 is 0. The van der Waals surface area contributed by atoms with Crippen LogP contribution in [0.15, 0.2) is 12.5 Å². The third kappa shape index (κ3) is 3.58. The Kier molecular flexibility index (Phi) is 4.28. The van der Waals surface area contributed by atoms with Gasteiger partial charge in [0.2, 0.25) is 0 Å². The SMILES string of the molecule is CNC(=O)OOC(=O)C(N)Cc1cnc[nH]1. The summed E-state index contributed by atoms with van der Waals surface area (Å²) in [6.07, 6.45) is 2.35. The molecule has 1 rings (SSSR count). The van der Waals surface area contributed by atoms with Crippen molar-refractivity contribution in [2.24, 2.45) is 5.73 Å². The van der Waals surface area contributed by atoms with Crippen molar-refractivity contribution in [3.63, 3.8) is 0 Å². The average molecular weight is 228 g/mol. The summed E-state index contributed by atoms with van der Waals surface area (Å²) in [4.78, 5) is 36.6. The molecule has 1 heterocycles. The zero-order valence-corrected chi connectivity index (χ0v) is 8.60. The lowest BCUT2D eigenvalue weighted by molar-refractivity contribution is -0.233. The van der Waals surface area contributed by atoms with Gasteiger partial charge in [-0.05, 0) is 0 Å². The molecule has 88 valence electrons. The maximum atomic E-state index is 11.2. The van der Waals surface area contributed by atoms with Crippen molar-refractivity contribution in [1.29, 1.82) is 0 Å². The molecule has 0 aliphatic heterocycles. The Morgan fingerprint density at radius 2 is 2.38 bits per heavy atom. The summed E-state index contributed by atoms with van der Waals surface area (Å²) in [6, 6.07) is -0.926. The average Bonchev–Trinajstić information content (AvgIpc) is 2.77.